The van der Waals surface area contributed by atoms with Gasteiger partial charge in [0.2, 0.25) is 0 Å². The van der Waals surface area contributed by atoms with Crippen molar-refractivity contribution in [1.29, 1.82) is 0 Å². The van der Waals surface area contributed by atoms with Crippen LogP contribution in [0, 0.1) is 15.9 Å². The summed E-state index contributed by atoms with van der Waals surface area (Å²) in [6.45, 7) is 0. The van der Waals surface area contributed by atoms with Crippen molar-refractivity contribution in [2.45, 2.75) is 6.10 Å². The van der Waals surface area contributed by atoms with Gasteiger partial charge in [0.05, 0.1) is 0 Å². The van der Waals surface area contributed by atoms with Crippen molar-refractivity contribution in [2.24, 2.45) is 0 Å². The summed E-state index contributed by atoms with van der Waals surface area (Å²) in [6, 6.07) is 7.48. The zero-order chi connectivity index (χ0) is 8.27. The number of hydrogen-bond donors (Lipinski definition) is 1. The Hall–Kier alpha value is -0.530. The lowest BCUT2D eigenvalue weighted by Crippen LogP contribution is -1.92. The molecule has 0 fully saturated rings. The number of halogens is 1. The van der Waals surface area contributed by atoms with E-state index in [1.165, 1.54) is 0 Å². The van der Waals surface area contributed by atoms with Crippen molar-refractivity contribution in [3.8, 4) is 12.3 Å². The normalized spacial score (nSPS) is 12.1. The van der Waals surface area contributed by atoms with Crippen LogP contribution < -0.4 is 0 Å². The van der Waals surface area contributed by atoms with E-state index in [9.17, 15) is 5.11 Å². The largest absolute Gasteiger partial charge is 0.376 e. The fourth-order valence-electron chi connectivity index (χ4n) is 0.741. The molecule has 1 aromatic rings. The summed E-state index contributed by atoms with van der Waals surface area (Å²) in [6.07, 6.45) is 4.27. The van der Waals surface area contributed by atoms with E-state index in [-0.39, 0.29) is 0 Å². The van der Waals surface area contributed by atoms with Gasteiger partial charge < -0.3 is 5.11 Å². The molecule has 0 heterocycles. The summed E-state index contributed by atoms with van der Waals surface area (Å²) in [5.41, 5.74) is 0.771. The van der Waals surface area contributed by atoms with E-state index >= 15 is 0 Å². The quantitative estimate of drug-likeness (QED) is 0.603. The molecule has 56 valence electrons. The third-order valence-electron chi connectivity index (χ3n) is 1.34. The Balaban J connectivity index is 2.92. The van der Waals surface area contributed by atoms with Crippen LogP contribution >= 0.6 is 22.6 Å². The molecule has 1 nitrogen and oxygen atoms in total. The van der Waals surface area contributed by atoms with E-state index in [4.69, 9.17) is 6.42 Å². The fourth-order valence-corrected chi connectivity index (χ4v) is 1.10. The van der Waals surface area contributed by atoms with Gasteiger partial charge in [0, 0.05) is 3.57 Å². The average molecular weight is 258 g/mol. The summed E-state index contributed by atoms with van der Waals surface area (Å²) in [4.78, 5) is 0. The van der Waals surface area contributed by atoms with Gasteiger partial charge in [-0.1, -0.05) is 18.1 Å². The molecule has 0 aliphatic heterocycles. The molecule has 0 unspecified atom stereocenters. The highest BCUT2D eigenvalue weighted by Gasteiger charge is 2.00. The highest BCUT2D eigenvalue weighted by molar-refractivity contribution is 14.1. The van der Waals surface area contributed by atoms with Gasteiger partial charge in [0.1, 0.15) is 6.10 Å². The lowest BCUT2D eigenvalue weighted by atomic mass is 10.1. The van der Waals surface area contributed by atoms with E-state index in [2.05, 4.69) is 28.5 Å². The van der Waals surface area contributed by atoms with Gasteiger partial charge in [-0.2, -0.15) is 0 Å². The molecule has 0 saturated heterocycles. The predicted molar refractivity (Wildman–Crippen MR) is 53.0 cm³/mol. The molecule has 0 aromatic heterocycles. The molecule has 0 bridgehead atoms. The summed E-state index contributed by atoms with van der Waals surface area (Å²) in [5.74, 6) is 2.25. The van der Waals surface area contributed by atoms with E-state index in [1.54, 1.807) is 0 Å². The minimum Gasteiger partial charge on any atom is -0.376 e. The van der Waals surface area contributed by atoms with E-state index in [0.29, 0.717) is 0 Å². The highest BCUT2D eigenvalue weighted by Crippen LogP contribution is 2.13. The molecular weight excluding hydrogens is 251 g/mol. The molecule has 0 amide bonds. The van der Waals surface area contributed by atoms with Crippen molar-refractivity contribution < 1.29 is 5.11 Å². The van der Waals surface area contributed by atoms with E-state index in [0.717, 1.165) is 9.13 Å². The first-order valence-corrected chi connectivity index (χ1v) is 4.21. The first kappa shape index (κ1) is 8.57. The van der Waals surface area contributed by atoms with Crippen LogP contribution in [-0.2, 0) is 0 Å². The van der Waals surface area contributed by atoms with Crippen LogP contribution in [0.2, 0.25) is 0 Å². The summed E-state index contributed by atoms with van der Waals surface area (Å²) in [5, 5.41) is 9.18. The van der Waals surface area contributed by atoms with Gasteiger partial charge in [0.15, 0.2) is 0 Å². The van der Waals surface area contributed by atoms with Gasteiger partial charge in [-0.15, -0.1) is 6.42 Å². The second-order valence-electron chi connectivity index (χ2n) is 2.12. The maximum absolute atomic E-state index is 9.18. The van der Waals surface area contributed by atoms with Gasteiger partial charge in [-0.3, -0.25) is 0 Å². The summed E-state index contributed by atoms with van der Waals surface area (Å²) < 4.78 is 1.13. The molecule has 0 saturated carbocycles. The third kappa shape index (κ3) is 2.21. The van der Waals surface area contributed by atoms with Gasteiger partial charge in [-0.05, 0) is 40.3 Å². The van der Waals surface area contributed by atoms with Crippen LogP contribution in [0.4, 0.5) is 0 Å². The Morgan fingerprint density at radius 1 is 1.36 bits per heavy atom. The first-order chi connectivity index (χ1) is 5.24. The maximum atomic E-state index is 9.18. The molecule has 0 aliphatic carbocycles. The zero-order valence-electron chi connectivity index (χ0n) is 5.79. The van der Waals surface area contributed by atoms with Crippen LogP contribution in [0.25, 0.3) is 0 Å². The molecule has 0 radical (unpaired) electrons. The predicted octanol–water partition coefficient (Wildman–Crippen LogP) is 1.96. The molecule has 1 rings (SSSR count). The second kappa shape index (κ2) is 3.74. The minimum atomic E-state index is -0.771. The number of hydrogen-bond acceptors (Lipinski definition) is 1. The Bertz CT molecular complexity index is 271. The third-order valence-corrected chi connectivity index (χ3v) is 2.06. The Labute approximate surface area is 79.6 Å². The molecule has 1 aromatic carbocycles. The van der Waals surface area contributed by atoms with Crippen LogP contribution in [0.15, 0.2) is 24.3 Å². The van der Waals surface area contributed by atoms with Crippen molar-refractivity contribution in [1.82, 2.24) is 0 Å². The standard InChI is InChI=1S/C9H7IO/c1-2-9(11)7-3-5-8(10)6-4-7/h1,3-6,9,11H/t9-/m1/s1. The van der Waals surface area contributed by atoms with Crippen molar-refractivity contribution >= 4 is 22.6 Å². The summed E-state index contributed by atoms with van der Waals surface area (Å²) in [7, 11) is 0. The Morgan fingerprint density at radius 3 is 2.36 bits per heavy atom. The number of aliphatic hydroxyl groups excluding tert-OH is 1. The average Bonchev–Trinajstić information content (AvgIpc) is 2.05. The fraction of sp³-hybridized carbons (Fsp3) is 0.111. The lowest BCUT2D eigenvalue weighted by Gasteiger charge is -2.01. The maximum Gasteiger partial charge on any atom is 0.139 e. The second-order valence-corrected chi connectivity index (χ2v) is 3.37. The molecule has 1 atom stereocenters. The van der Waals surface area contributed by atoms with Gasteiger partial charge >= 0.3 is 0 Å². The number of rotatable bonds is 1. The SMILES string of the molecule is C#C[C@@H](O)c1ccc(I)cc1. The van der Waals surface area contributed by atoms with Crippen LogP contribution in [0.5, 0.6) is 0 Å². The van der Waals surface area contributed by atoms with Gasteiger partial charge in [0.25, 0.3) is 0 Å². The molecule has 0 aliphatic rings. The highest BCUT2D eigenvalue weighted by atomic mass is 127. The Kier molecular flexibility index (Phi) is 2.92. The number of terminal acetylenes is 1. The van der Waals surface area contributed by atoms with Crippen LogP contribution in [0.3, 0.4) is 0 Å². The minimum absolute atomic E-state index is 0.771. The lowest BCUT2D eigenvalue weighted by molar-refractivity contribution is 0.238. The Morgan fingerprint density at radius 2 is 1.91 bits per heavy atom. The van der Waals surface area contributed by atoms with E-state index in [1.807, 2.05) is 24.3 Å². The van der Waals surface area contributed by atoms with Gasteiger partial charge in [-0.25, -0.2) is 0 Å². The summed E-state index contributed by atoms with van der Waals surface area (Å²) >= 11 is 2.20. The topological polar surface area (TPSA) is 20.2 Å². The number of benzene rings is 1. The van der Waals surface area contributed by atoms with E-state index < -0.39 is 6.10 Å². The van der Waals surface area contributed by atoms with Crippen molar-refractivity contribution in [3.05, 3.63) is 33.4 Å². The van der Waals surface area contributed by atoms with Crippen LogP contribution in [-0.4, -0.2) is 5.11 Å². The first-order valence-electron chi connectivity index (χ1n) is 3.13. The molecule has 1 N–H and O–H groups in total. The molecule has 2 heteroatoms. The monoisotopic (exact) mass is 258 g/mol. The van der Waals surface area contributed by atoms with Crippen molar-refractivity contribution in [3.63, 3.8) is 0 Å². The molecule has 0 spiro atoms. The molecular formula is C9H7IO. The number of aliphatic hydroxyl groups is 1. The zero-order valence-corrected chi connectivity index (χ0v) is 7.95. The van der Waals surface area contributed by atoms with Crippen molar-refractivity contribution in [2.75, 3.05) is 0 Å². The molecule has 11 heavy (non-hydrogen) atoms. The van der Waals surface area contributed by atoms with Crippen LogP contribution in [0.1, 0.15) is 11.7 Å². The smallest absolute Gasteiger partial charge is 0.139 e.